The van der Waals surface area contributed by atoms with Gasteiger partial charge in [-0.3, -0.25) is 14.4 Å². The van der Waals surface area contributed by atoms with Crippen LogP contribution in [0.4, 0.5) is 0 Å². The summed E-state index contributed by atoms with van der Waals surface area (Å²) < 4.78 is 6.04. The van der Waals surface area contributed by atoms with Gasteiger partial charge < -0.3 is 30.5 Å². The van der Waals surface area contributed by atoms with Crippen molar-refractivity contribution in [3.05, 3.63) is 89.5 Å². The molecule has 10 nitrogen and oxygen atoms in total. The van der Waals surface area contributed by atoms with E-state index in [0.717, 1.165) is 41.6 Å². The van der Waals surface area contributed by atoms with Crippen LogP contribution in [0.15, 0.2) is 72.8 Å². The Morgan fingerprint density at radius 2 is 1.76 bits per heavy atom. The maximum atomic E-state index is 14.2. The first-order valence-corrected chi connectivity index (χ1v) is 19.6. The minimum Gasteiger partial charge on any atom is -0.496 e. The van der Waals surface area contributed by atoms with Crippen LogP contribution in [-0.4, -0.2) is 96.7 Å². The molecular weight excluding hydrogens is 681 g/mol. The summed E-state index contributed by atoms with van der Waals surface area (Å²) in [7, 11) is 5.64. The van der Waals surface area contributed by atoms with E-state index in [9.17, 15) is 19.8 Å². The lowest BCUT2D eigenvalue weighted by Gasteiger charge is -2.62. The van der Waals surface area contributed by atoms with Crippen molar-refractivity contribution in [3.63, 3.8) is 0 Å². The summed E-state index contributed by atoms with van der Waals surface area (Å²) in [5, 5.41) is 29.5. The molecular formula is C44H60N4O6. The fourth-order valence-electron chi connectivity index (χ4n) is 9.64. The fraction of sp³-hybridized carbons (Fsp3) is 0.545. The number of carbonyl (C=O) groups is 2. The van der Waals surface area contributed by atoms with Crippen LogP contribution in [0, 0.1) is 29.1 Å². The number of likely N-dealkylation sites (N-methyl/N-ethyl adjacent to an activating group) is 1. The number of fused-ring (bicyclic) bond motifs is 2. The van der Waals surface area contributed by atoms with E-state index >= 15 is 0 Å². The van der Waals surface area contributed by atoms with Crippen molar-refractivity contribution in [2.24, 2.45) is 29.1 Å². The van der Waals surface area contributed by atoms with Gasteiger partial charge in [-0.2, -0.15) is 5.06 Å². The van der Waals surface area contributed by atoms with Crippen LogP contribution in [0.3, 0.4) is 0 Å². The van der Waals surface area contributed by atoms with Crippen LogP contribution in [0.5, 0.6) is 5.75 Å². The van der Waals surface area contributed by atoms with Crippen molar-refractivity contribution >= 4 is 11.8 Å². The number of rotatable bonds is 15. The summed E-state index contributed by atoms with van der Waals surface area (Å²) in [6.07, 6.45) is 1.50. The molecule has 0 radical (unpaired) electrons. The van der Waals surface area contributed by atoms with Gasteiger partial charge in [-0.25, -0.2) is 0 Å². The number of carbonyl (C=O) groups excluding carboxylic acids is 2. The van der Waals surface area contributed by atoms with Crippen LogP contribution >= 0.6 is 0 Å². The minimum atomic E-state index is -0.885. The van der Waals surface area contributed by atoms with Gasteiger partial charge >= 0.3 is 0 Å². The van der Waals surface area contributed by atoms with E-state index in [1.165, 1.54) is 12.0 Å². The van der Waals surface area contributed by atoms with Crippen molar-refractivity contribution in [1.29, 1.82) is 0 Å². The number of hydroxylamine groups is 2. The van der Waals surface area contributed by atoms with Crippen molar-refractivity contribution in [1.82, 2.24) is 20.6 Å². The highest BCUT2D eigenvalue weighted by atomic mass is 16.7. The van der Waals surface area contributed by atoms with E-state index in [2.05, 4.69) is 48.4 Å². The molecule has 7 rings (SSSR count). The lowest BCUT2D eigenvalue weighted by Crippen LogP contribution is -2.62. The molecule has 2 bridgehead atoms. The van der Waals surface area contributed by atoms with Crippen molar-refractivity contribution in [3.8, 4) is 16.9 Å². The maximum Gasteiger partial charge on any atom is 0.240 e. The van der Waals surface area contributed by atoms with Crippen LogP contribution in [-0.2, 0) is 33.8 Å². The number of hydrogen-bond acceptors (Lipinski definition) is 8. The largest absolute Gasteiger partial charge is 0.496 e. The third kappa shape index (κ3) is 8.53. The molecule has 3 aromatic rings. The summed E-state index contributed by atoms with van der Waals surface area (Å²) in [5.74, 6) is 1.26. The second-order valence-electron chi connectivity index (χ2n) is 16.8. The zero-order valence-corrected chi connectivity index (χ0v) is 33.0. The molecule has 1 saturated heterocycles. The van der Waals surface area contributed by atoms with Gasteiger partial charge in [0.1, 0.15) is 17.9 Å². The van der Waals surface area contributed by atoms with E-state index in [1.54, 1.807) is 19.1 Å². The van der Waals surface area contributed by atoms with Crippen molar-refractivity contribution in [2.45, 2.75) is 90.3 Å². The summed E-state index contributed by atoms with van der Waals surface area (Å²) in [4.78, 5) is 35.9. The fourth-order valence-corrected chi connectivity index (χ4v) is 9.64. The number of nitrogens with zero attached hydrogens (tertiary/aromatic N) is 2. The Kier molecular flexibility index (Phi) is 12.5. The average Bonchev–Trinajstić information content (AvgIpc) is 3.51. The van der Waals surface area contributed by atoms with Gasteiger partial charge in [0.05, 0.1) is 32.8 Å². The second kappa shape index (κ2) is 16.9. The quantitative estimate of drug-likeness (QED) is 0.175. The first-order valence-electron chi connectivity index (χ1n) is 19.6. The van der Waals surface area contributed by atoms with Gasteiger partial charge in [-0.15, -0.1) is 0 Å². The molecule has 292 valence electrons. The Morgan fingerprint density at radius 3 is 2.41 bits per heavy atom. The number of aliphatic hydroxyl groups excluding tert-OH is 2. The molecule has 3 aromatic carbocycles. The molecule has 3 saturated carbocycles. The van der Waals surface area contributed by atoms with Gasteiger partial charge in [-0.05, 0) is 80.1 Å². The number of para-hydroxylation sites is 1. The summed E-state index contributed by atoms with van der Waals surface area (Å²) in [6.45, 7) is 9.17. The SMILES string of the molecule is COc1c(CN2O[C@@H](CO)[C@@H]([C@H](C)O)[C@H]2C(=O)NC2C[C@H]3C[C@@H]([C@@H]2C)C3(C)C)cccc1-c1cccc(CC(=O)N[C@@H](Cc2ccccc2)CN(C)C)c1. The molecule has 3 aliphatic carbocycles. The molecule has 9 atom stereocenters. The molecule has 1 heterocycles. The number of benzene rings is 3. The third-order valence-corrected chi connectivity index (χ3v) is 12.6. The van der Waals surface area contributed by atoms with Crippen LogP contribution in [0.2, 0.25) is 0 Å². The highest BCUT2D eigenvalue weighted by molar-refractivity contribution is 5.83. The smallest absolute Gasteiger partial charge is 0.240 e. The second-order valence-corrected chi connectivity index (χ2v) is 16.8. The summed E-state index contributed by atoms with van der Waals surface area (Å²) >= 11 is 0. The van der Waals surface area contributed by atoms with Gasteiger partial charge in [0, 0.05) is 35.7 Å². The van der Waals surface area contributed by atoms with Gasteiger partial charge in [-0.1, -0.05) is 93.6 Å². The first kappa shape index (κ1) is 39.9. The van der Waals surface area contributed by atoms with E-state index in [4.69, 9.17) is 9.57 Å². The van der Waals surface area contributed by atoms with Gasteiger partial charge in [0.15, 0.2) is 0 Å². The number of hydrogen-bond donors (Lipinski definition) is 4. The Labute approximate surface area is 321 Å². The average molecular weight is 741 g/mol. The number of ether oxygens (including phenoxy) is 1. The lowest BCUT2D eigenvalue weighted by molar-refractivity contribution is -0.183. The standard InChI is InChI=1S/C44H60N4O6/c1-27-36-22-33(44(36,3)4)23-37(27)46-43(52)41-40(28(2)50)38(26-49)54-48(41)24-32-17-12-18-35(42(32)53-7)31-16-11-15-30(19-31)21-39(51)45-34(25-47(5)6)20-29-13-9-8-10-14-29/h8-19,27-28,33-34,36-38,40-41,49-50H,20-26H2,1-7H3,(H,45,51)(H,46,52)/t27-,28-,33+,34-,36-,37?,38-,40+,41-/m0/s1. The predicted molar refractivity (Wildman–Crippen MR) is 210 cm³/mol. The normalized spacial score (nSPS) is 27.2. The molecule has 2 amide bonds. The topological polar surface area (TPSA) is 124 Å². The zero-order chi connectivity index (χ0) is 38.7. The molecule has 0 aromatic heterocycles. The highest BCUT2D eigenvalue weighted by Gasteiger charge is 2.57. The van der Waals surface area contributed by atoms with Crippen LogP contribution in [0.25, 0.3) is 11.1 Å². The zero-order valence-electron chi connectivity index (χ0n) is 33.0. The summed E-state index contributed by atoms with van der Waals surface area (Å²) in [5.41, 5.74) is 4.88. The van der Waals surface area contributed by atoms with Crippen molar-refractivity contribution in [2.75, 3.05) is 34.4 Å². The molecule has 4 fully saturated rings. The third-order valence-electron chi connectivity index (χ3n) is 12.6. The minimum absolute atomic E-state index is 0.0313. The van der Waals surface area contributed by atoms with Gasteiger partial charge in [0.2, 0.25) is 11.8 Å². The number of amides is 2. The summed E-state index contributed by atoms with van der Waals surface area (Å²) in [6, 6.07) is 23.2. The Hall–Kier alpha value is -3.80. The molecule has 4 aliphatic rings. The number of aliphatic hydroxyl groups is 2. The monoisotopic (exact) mass is 740 g/mol. The first-order chi connectivity index (χ1) is 25.8. The van der Waals surface area contributed by atoms with E-state index < -0.39 is 24.2 Å². The van der Waals surface area contributed by atoms with Crippen LogP contribution < -0.4 is 15.4 Å². The van der Waals surface area contributed by atoms with Crippen molar-refractivity contribution < 1.29 is 29.4 Å². The maximum absolute atomic E-state index is 14.2. The Balaban J connectivity index is 1.19. The Morgan fingerprint density at radius 1 is 1.04 bits per heavy atom. The molecule has 10 heteroatoms. The lowest BCUT2D eigenvalue weighted by atomic mass is 9.45. The molecule has 54 heavy (non-hydrogen) atoms. The molecule has 4 N–H and O–H groups in total. The van der Waals surface area contributed by atoms with E-state index in [0.29, 0.717) is 23.5 Å². The van der Waals surface area contributed by atoms with E-state index in [1.807, 2.05) is 74.8 Å². The van der Waals surface area contributed by atoms with Crippen LogP contribution in [0.1, 0.15) is 57.2 Å². The molecule has 1 unspecified atom stereocenters. The Bertz CT molecular complexity index is 1750. The highest BCUT2D eigenvalue weighted by Crippen LogP contribution is 2.61. The predicted octanol–water partition coefficient (Wildman–Crippen LogP) is 4.85. The molecule has 1 aliphatic heterocycles. The van der Waals surface area contributed by atoms with Gasteiger partial charge in [0.25, 0.3) is 0 Å². The molecule has 0 spiro atoms. The number of methoxy groups -OCH3 is 1. The number of nitrogens with one attached hydrogen (secondary N) is 2. The van der Waals surface area contributed by atoms with E-state index in [-0.39, 0.29) is 48.9 Å².